The summed E-state index contributed by atoms with van der Waals surface area (Å²) in [6, 6.07) is 0. The van der Waals surface area contributed by atoms with Crippen LogP contribution in [0.2, 0.25) is 0 Å². The highest BCUT2D eigenvalue weighted by Gasteiger charge is 2.08. The molecule has 1 aromatic rings. The predicted molar refractivity (Wildman–Crippen MR) is 80.3 cm³/mol. The third kappa shape index (κ3) is 5.66. The van der Waals surface area contributed by atoms with Crippen molar-refractivity contribution >= 4 is 0 Å². The standard InChI is InChI=1S/C15H28N4/c1-11(2)9-16-10-14-12(3)17-15(18-13(14)4)7-8-19(5)6/h11,16H,7-10H2,1-6H3. The van der Waals surface area contributed by atoms with Gasteiger partial charge in [-0.05, 0) is 40.4 Å². The molecule has 1 aromatic heterocycles. The molecule has 19 heavy (non-hydrogen) atoms. The lowest BCUT2D eigenvalue weighted by Crippen LogP contribution is -2.22. The largest absolute Gasteiger partial charge is 0.312 e. The monoisotopic (exact) mass is 264 g/mol. The Morgan fingerprint density at radius 3 is 2.16 bits per heavy atom. The molecule has 0 aromatic carbocycles. The zero-order valence-electron chi connectivity index (χ0n) is 13.2. The second kappa shape index (κ2) is 7.56. The second-order valence-corrected chi connectivity index (χ2v) is 5.87. The van der Waals surface area contributed by atoms with Crippen molar-refractivity contribution in [1.29, 1.82) is 0 Å². The van der Waals surface area contributed by atoms with E-state index in [2.05, 4.69) is 62.0 Å². The van der Waals surface area contributed by atoms with Crippen LogP contribution in [0.5, 0.6) is 0 Å². The third-order valence-electron chi connectivity index (χ3n) is 3.10. The van der Waals surface area contributed by atoms with Crippen molar-refractivity contribution in [2.45, 2.75) is 40.7 Å². The summed E-state index contributed by atoms with van der Waals surface area (Å²) in [5.41, 5.74) is 3.46. The fourth-order valence-electron chi connectivity index (χ4n) is 1.99. The number of aromatic nitrogens is 2. The molecule has 0 bridgehead atoms. The molecule has 0 amide bonds. The van der Waals surface area contributed by atoms with Crippen LogP contribution in [-0.4, -0.2) is 42.1 Å². The Morgan fingerprint density at radius 2 is 1.68 bits per heavy atom. The molecule has 0 aliphatic rings. The molecule has 0 aliphatic heterocycles. The van der Waals surface area contributed by atoms with Crippen molar-refractivity contribution in [2.24, 2.45) is 5.92 Å². The van der Waals surface area contributed by atoms with Gasteiger partial charge in [0.25, 0.3) is 0 Å². The smallest absolute Gasteiger partial charge is 0.130 e. The lowest BCUT2D eigenvalue weighted by Gasteiger charge is -2.14. The summed E-state index contributed by atoms with van der Waals surface area (Å²) in [6.45, 7) is 11.5. The average Bonchev–Trinajstić information content (AvgIpc) is 2.29. The minimum Gasteiger partial charge on any atom is -0.312 e. The summed E-state index contributed by atoms with van der Waals surface area (Å²) in [5, 5.41) is 3.46. The molecule has 1 N–H and O–H groups in total. The maximum Gasteiger partial charge on any atom is 0.130 e. The van der Waals surface area contributed by atoms with Crippen molar-refractivity contribution in [2.75, 3.05) is 27.2 Å². The Morgan fingerprint density at radius 1 is 1.11 bits per heavy atom. The van der Waals surface area contributed by atoms with E-state index in [9.17, 15) is 0 Å². The fourth-order valence-corrected chi connectivity index (χ4v) is 1.99. The van der Waals surface area contributed by atoms with Gasteiger partial charge in [-0.2, -0.15) is 0 Å². The minimum atomic E-state index is 0.667. The molecule has 0 atom stereocenters. The van der Waals surface area contributed by atoms with Crippen LogP contribution in [0.15, 0.2) is 0 Å². The van der Waals surface area contributed by atoms with Gasteiger partial charge in [-0.15, -0.1) is 0 Å². The van der Waals surface area contributed by atoms with Gasteiger partial charge < -0.3 is 10.2 Å². The highest BCUT2D eigenvalue weighted by Crippen LogP contribution is 2.10. The van der Waals surface area contributed by atoms with Crippen LogP contribution in [0, 0.1) is 19.8 Å². The average molecular weight is 264 g/mol. The normalized spacial score (nSPS) is 11.6. The van der Waals surface area contributed by atoms with Crippen molar-refractivity contribution in [1.82, 2.24) is 20.2 Å². The van der Waals surface area contributed by atoms with Gasteiger partial charge >= 0.3 is 0 Å². The Hall–Kier alpha value is -1.00. The fraction of sp³-hybridized carbons (Fsp3) is 0.733. The first-order valence-electron chi connectivity index (χ1n) is 7.08. The molecule has 1 heterocycles. The van der Waals surface area contributed by atoms with Gasteiger partial charge in [0.15, 0.2) is 0 Å². The third-order valence-corrected chi connectivity index (χ3v) is 3.10. The van der Waals surface area contributed by atoms with Crippen LogP contribution in [0.25, 0.3) is 0 Å². The number of nitrogens with zero attached hydrogens (tertiary/aromatic N) is 3. The molecule has 0 saturated heterocycles. The second-order valence-electron chi connectivity index (χ2n) is 5.87. The van der Waals surface area contributed by atoms with E-state index < -0.39 is 0 Å². The maximum absolute atomic E-state index is 4.63. The number of rotatable bonds is 7. The molecule has 0 spiro atoms. The van der Waals surface area contributed by atoms with Gasteiger partial charge in [0.1, 0.15) is 5.82 Å². The molecule has 0 unspecified atom stereocenters. The lowest BCUT2D eigenvalue weighted by atomic mass is 10.1. The molecule has 0 aliphatic carbocycles. The highest BCUT2D eigenvalue weighted by atomic mass is 15.1. The van der Waals surface area contributed by atoms with Crippen molar-refractivity contribution in [3.05, 3.63) is 22.8 Å². The van der Waals surface area contributed by atoms with Crippen LogP contribution >= 0.6 is 0 Å². The number of likely N-dealkylation sites (N-methyl/N-ethyl adjacent to an activating group) is 1. The van der Waals surface area contributed by atoms with Gasteiger partial charge in [-0.25, -0.2) is 9.97 Å². The first kappa shape index (κ1) is 16.1. The number of hydrogen-bond donors (Lipinski definition) is 1. The predicted octanol–water partition coefficient (Wildman–Crippen LogP) is 1.94. The van der Waals surface area contributed by atoms with Crippen LogP contribution in [-0.2, 0) is 13.0 Å². The van der Waals surface area contributed by atoms with Gasteiger partial charge in [0.05, 0.1) is 0 Å². The number of hydrogen-bond acceptors (Lipinski definition) is 4. The van der Waals surface area contributed by atoms with E-state index >= 15 is 0 Å². The van der Waals surface area contributed by atoms with Crippen molar-refractivity contribution < 1.29 is 0 Å². The number of nitrogens with one attached hydrogen (secondary N) is 1. The van der Waals surface area contributed by atoms with Gasteiger partial charge in [0.2, 0.25) is 0 Å². The molecule has 1 rings (SSSR count). The zero-order valence-corrected chi connectivity index (χ0v) is 13.2. The topological polar surface area (TPSA) is 41.1 Å². The van der Waals surface area contributed by atoms with Gasteiger partial charge in [0, 0.05) is 36.5 Å². The van der Waals surface area contributed by atoms with Crippen LogP contribution in [0.1, 0.15) is 36.6 Å². The SMILES string of the molecule is Cc1nc(CCN(C)C)nc(C)c1CNCC(C)C. The maximum atomic E-state index is 4.63. The van der Waals surface area contributed by atoms with E-state index in [-0.39, 0.29) is 0 Å². The van der Waals surface area contributed by atoms with E-state index in [1.54, 1.807) is 0 Å². The summed E-state index contributed by atoms with van der Waals surface area (Å²) in [5.74, 6) is 1.62. The highest BCUT2D eigenvalue weighted by molar-refractivity contribution is 5.24. The van der Waals surface area contributed by atoms with E-state index in [4.69, 9.17) is 0 Å². The summed E-state index contributed by atoms with van der Waals surface area (Å²) < 4.78 is 0. The molecule has 108 valence electrons. The molecular formula is C15H28N4. The Labute approximate surface area is 117 Å². The number of aryl methyl sites for hydroxylation is 2. The minimum absolute atomic E-state index is 0.667. The summed E-state index contributed by atoms with van der Waals surface area (Å²) in [4.78, 5) is 11.4. The van der Waals surface area contributed by atoms with E-state index in [0.29, 0.717) is 5.92 Å². The van der Waals surface area contributed by atoms with E-state index in [1.165, 1.54) is 5.56 Å². The molecule has 0 saturated carbocycles. The Kier molecular flexibility index (Phi) is 6.38. The quantitative estimate of drug-likeness (QED) is 0.817. The molecule has 0 fully saturated rings. The summed E-state index contributed by atoms with van der Waals surface area (Å²) in [7, 11) is 4.15. The van der Waals surface area contributed by atoms with Crippen molar-refractivity contribution in [3.63, 3.8) is 0 Å². The molecular weight excluding hydrogens is 236 g/mol. The van der Waals surface area contributed by atoms with Gasteiger partial charge in [-0.3, -0.25) is 0 Å². The molecule has 4 nitrogen and oxygen atoms in total. The summed E-state index contributed by atoms with van der Waals surface area (Å²) >= 11 is 0. The first-order chi connectivity index (χ1) is 8.90. The lowest BCUT2D eigenvalue weighted by molar-refractivity contribution is 0.409. The molecule has 0 radical (unpaired) electrons. The molecule has 4 heteroatoms. The summed E-state index contributed by atoms with van der Waals surface area (Å²) in [6.07, 6.45) is 0.911. The van der Waals surface area contributed by atoms with Crippen LogP contribution in [0.4, 0.5) is 0 Å². The zero-order chi connectivity index (χ0) is 14.4. The van der Waals surface area contributed by atoms with Gasteiger partial charge in [-0.1, -0.05) is 13.8 Å². The van der Waals surface area contributed by atoms with Crippen LogP contribution in [0.3, 0.4) is 0 Å². The Balaban J connectivity index is 2.68. The van der Waals surface area contributed by atoms with Crippen LogP contribution < -0.4 is 5.32 Å². The van der Waals surface area contributed by atoms with E-state index in [0.717, 1.165) is 43.3 Å². The van der Waals surface area contributed by atoms with Crippen molar-refractivity contribution in [3.8, 4) is 0 Å². The Bertz CT molecular complexity index is 376. The van der Waals surface area contributed by atoms with E-state index in [1.807, 2.05) is 0 Å². The first-order valence-corrected chi connectivity index (χ1v) is 7.08.